The summed E-state index contributed by atoms with van der Waals surface area (Å²) in [6.45, 7) is 4.07. The average Bonchev–Trinajstić information content (AvgIpc) is 2.39. The summed E-state index contributed by atoms with van der Waals surface area (Å²) >= 11 is 0. The Morgan fingerprint density at radius 3 is 3.00 bits per heavy atom. The summed E-state index contributed by atoms with van der Waals surface area (Å²) in [6, 6.07) is 2.13. The molecule has 2 rings (SSSR count). The van der Waals surface area contributed by atoms with E-state index in [0.717, 1.165) is 17.1 Å². The zero-order valence-corrected chi connectivity index (χ0v) is 7.37. The number of hydrogen-bond acceptors (Lipinski definition) is 2. The van der Waals surface area contributed by atoms with Crippen LogP contribution >= 0.6 is 0 Å². The van der Waals surface area contributed by atoms with Crippen molar-refractivity contribution in [3.63, 3.8) is 0 Å². The predicted molar refractivity (Wildman–Crippen MR) is 48.6 cm³/mol. The number of furan rings is 1. The minimum atomic E-state index is 0.0995. The molecule has 1 aromatic heterocycles. The van der Waals surface area contributed by atoms with Crippen LogP contribution in [0.1, 0.15) is 30.0 Å². The van der Waals surface area contributed by atoms with Crippen LogP contribution < -0.4 is 5.73 Å². The van der Waals surface area contributed by atoms with Crippen molar-refractivity contribution in [3.8, 4) is 0 Å². The molecule has 0 aliphatic heterocycles. The molecule has 0 bridgehead atoms. The van der Waals surface area contributed by atoms with Crippen molar-refractivity contribution >= 4 is 6.08 Å². The fourth-order valence-corrected chi connectivity index (χ4v) is 1.58. The van der Waals surface area contributed by atoms with E-state index in [1.54, 1.807) is 0 Å². The third-order valence-corrected chi connectivity index (χ3v) is 2.39. The number of hydrogen-bond donors (Lipinski definition) is 1. The highest BCUT2D eigenvalue weighted by atomic mass is 16.3. The minimum absolute atomic E-state index is 0.0995. The first-order chi connectivity index (χ1) is 5.68. The van der Waals surface area contributed by atoms with Crippen LogP contribution in [0.5, 0.6) is 0 Å². The molecule has 2 nitrogen and oxygen atoms in total. The summed E-state index contributed by atoms with van der Waals surface area (Å²) in [5.74, 6) is 2.28. The predicted octanol–water partition coefficient (Wildman–Crippen LogP) is 2.25. The van der Waals surface area contributed by atoms with Gasteiger partial charge in [0, 0.05) is 11.6 Å². The van der Waals surface area contributed by atoms with Crippen LogP contribution in [0.15, 0.2) is 16.6 Å². The summed E-state index contributed by atoms with van der Waals surface area (Å²) in [6.07, 6.45) is 4.10. The van der Waals surface area contributed by atoms with Crippen molar-refractivity contribution in [3.05, 3.63) is 29.2 Å². The van der Waals surface area contributed by atoms with Gasteiger partial charge in [-0.1, -0.05) is 13.0 Å². The molecule has 0 radical (unpaired) electrons. The smallest absolute Gasteiger partial charge is 0.131 e. The van der Waals surface area contributed by atoms with Crippen molar-refractivity contribution in [1.29, 1.82) is 0 Å². The maximum Gasteiger partial charge on any atom is 0.131 e. The number of fused-ring (bicyclic) bond motifs is 1. The van der Waals surface area contributed by atoms with Gasteiger partial charge in [-0.15, -0.1) is 0 Å². The Bertz CT molecular complexity index is 325. The number of aryl methyl sites for hydroxylation is 1. The molecule has 0 fully saturated rings. The molecule has 2 unspecified atom stereocenters. The zero-order chi connectivity index (χ0) is 8.72. The Labute approximate surface area is 72.1 Å². The van der Waals surface area contributed by atoms with Crippen LogP contribution in [0.25, 0.3) is 6.08 Å². The van der Waals surface area contributed by atoms with Gasteiger partial charge in [-0.25, -0.2) is 0 Å². The normalized spacial score (nSPS) is 27.2. The van der Waals surface area contributed by atoms with Crippen molar-refractivity contribution in [2.45, 2.75) is 19.9 Å². The lowest BCUT2D eigenvalue weighted by Gasteiger charge is -2.19. The molecule has 0 saturated carbocycles. The third kappa shape index (κ3) is 0.994. The van der Waals surface area contributed by atoms with Crippen molar-refractivity contribution < 1.29 is 4.42 Å². The summed E-state index contributed by atoms with van der Waals surface area (Å²) in [7, 11) is 0. The Hall–Kier alpha value is -1.02. The van der Waals surface area contributed by atoms with Crippen LogP contribution in [-0.2, 0) is 0 Å². The molecular formula is C10H13NO. The highest BCUT2D eigenvalue weighted by Gasteiger charge is 2.22. The van der Waals surface area contributed by atoms with Gasteiger partial charge in [0.2, 0.25) is 0 Å². The summed E-state index contributed by atoms with van der Waals surface area (Å²) in [5, 5.41) is 0. The van der Waals surface area contributed by atoms with E-state index in [-0.39, 0.29) is 6.04 Å². The van der Waals surface area contributed by atoms with E-state index in [2.05, 4.69) is 13.0 Å². The van der Waals surface area contributed by atoms with Crippen LogP contribution in [0.2, 0.25) is 0 Å². The Morgan fingerprint density at radius 2 is 2.25 bits per heavy atom. The zero-order valence-electron chi connectivity index (χ0n) is 7.37. The number of rotatable bonds is 0. The second kappa shape index (κ2) is 2.49. The average molecular weight is 163 g/mol. The van der Waals surface area contributed by atoms with E-state index < -0.39 is 0 Å². The van der Waals surface area contributed by atoms with E-state index in [0.29, 0.717) is 5.92 Å². The Morgan fingerprint density at radius 1 is 1.50 bits per heavy atom. The van der Waals surface area contributed by atoms with E-state index in [9.17, 15) is 0 Å². The molecule has 0 amide bonds. The van der Waals surface area contributed by atoms with Crippen LogP contribution in [0.3, 0.4) is 0 Å². The third-order valence-electron chi connectivity index (χ3n) is 2.39. The lowest BCUT2D eigenvalue weighted by molar-refractivity contribution is 0.497. The van der Waals surface area contributed by atoms with E-state index >= 15 is 0 Å². The molecule has 2 atom stereocenters. The van der Waals surface area contributed by atoms with Crippen molar-refractivity contribution in [1.82, 2.24) is 0 Å². The van der Waals surface area contributed by atoms with Gasteiger partial charge in [-0.05, 0) is 25.0 Å². The fraction of sp³-hybridized carbons (Fsp3) is 0.400. The van der Waals surface area contributed by atoms with Gasteiger partial charge in [-0.3, -0.25) is 0 Å². The molecule has 2 N–H and O–H groups in total. The van der Waals surface area contributed by atoms with Gasteiger partial charge < -0.3 is 10.2 Å². The van der Waals surface area contributed by atoms with Gasteiger partial charge in [0.1, 0.15) is 11.5 Å². The molecule has 1 aromatic rings. The molecule has 64 valence electrons. The van der Waals surface area contributed by atoms with Crippen LogP contribution in [-0.4, -0.2) is 0 Å². The Balaban J connectivity index is 2.50. The first-order valence-corrected chi connectivity index (χ1v) is 4.22. The maximum absolute atomic E-state index is 5.99. The fourth-order valence-electron chi connectivity index (χ4n) is 1.58. The van der Waals surface area contributed by atoms with E-state index in [1.165, 1.54) is 0 Å². The van der Waals surface area contributed by atoms with Gasteiger partial charge >= 0.3 is 0 Å². The monoisotopic (exact) mass is 163 g/mol. The second-order valence-corrected chi connectivity index (χ2v) is 3.42. The second-order valence-electron chi connectivity index (χ2n) is 3.42. The molecular weight excluding hydrogens is 150 g/mol. The topological polar surface area (TPSA) is 39.2 Å². The maximum atomic E-state index is 5.99. The lowest BCUT2D eigenvalue weighted by Crippen LogP contribution is -2.19. The number of nitrogens with two attached hydrogens (primary N) is 1. The minimum Gasteiger partial charge on any atom is -0.462 e. The summed E-state index contributed by atoms with van der Waals surface area (Å²) in [5.41, 5.74) is 7.13. The SMILES string of the molecule is Cc1cc2c(o1)C=CC(C)C2N. The van der Waals surface area contributed by atoms with Gasteiger partial charge in [0.05, 0.1) is 0 Å². The first kappa shape index (κ1) is 7.62. The van der Waals surface area contributed by atoms with Gasteiger partial charge in [0.15, 0.2) is 0 Å². The molecule has 12 heavy (non-hydrogen) atoms. The highest BCUT2D eigenvalue weighted by Crippen LogP contribution is 2.31. The van der Waals surface area contributed by atoms with Crippen molar-refractivity contribution in [2.24, 2.45) is 11.7 Å². The lowest BCUT2D eigenvalue weighted by atomic mass is 9.90. The van der Waals surface area contributed by atoms with Crippen LogP contribution in [0, 0.1) is 12.8 Å². The standard InChI is InChI=1S/C10H13NO/c1-6-3-4-9-8(10(6)11)5-7(2)12-9/h3-6,10H,11H2,1-2H3. The Kier molecular flexibility index (Phi) is 1.58. The summed E-state index contributed by atoms with van der Waals surface area (Å²) < 4.78 is 5.46. The molecule has 1 aliphatic carbocycles. The van der Waals surface area contributed by atoms with Gasteiger partial charge in [-0.2, -0.15) is 0 Å². The molecule has 1 aliphatic rings. The summed E-state index contributed by atoms with van der Waals surface area (Å²) in [4.78, 5) is 0. The van der Waals surface area contributed by atoms with Crippen LogP contribution in [0.4, 0.5) is 0 Å². The molecule has 0 aromatic carbocycles. The first-order valence-electron chi connectivity index (χ1n) is 4.22. The van der Waals surface area contributed by atoms with Gasteiger partial charge in [0.25, 0.3) is 0 Å². The van der Waals surface area contributed by atoms with E-state index in [1.807, 2.05) is 19.1 Å². The molecule has 0 spiro atoms. The quantitative estimate of drug-likeness (QED) is 0.637. The largest absolute Gasteiger partial charge is 0.462 e. The van der Waals surface area contributed by atoms with E-state index in [4.69, 9.17) is 10.2 Å². The molecule has 2 heteroatoms. The molecule has 1 heterocycles. The highest BCUT2D eigenvalue weighted by molar-refractivity contribution is 5.53. The molecule has 0 saturated heterocycles. The van der Waals surface area contributed by atoms with Crippen molar-refractivity contribution in [2.75, 3.05) is 0 Å².